The zero-order chi connectivity index (χ0) is 18.4. The molecule has 132 valence electrons. The van der Waals surface area contributed by atoms with E-state index in [9.17, 15) is 14.0 Å². The lowest BCUT2D eigenvalue weighted by atomic mass is 10.2. The minimum absolute atomic E-state index is 0.0856. The van der Waals surface area contributed by atoms with Crippen LogP contribution in [0.15, 0.2) is 42.5 Å². The van der Waals surface area contributed by atoms with E-state index in [2.05, 4.69) is 5.32 Å². The molecular formula is C18H17Cl2FN2O2. The first-order valence-corrected chi connectivity index (χ1v) is 8.36. The third-order valence-corrected chi connectivity index (χ3v) is 4.20. The van der Waals surface area contributed by atoms with Crippen molar-refractivity contribution in [2.24, 2.45) is 0 Å². The van der Waals surface area contributed by atoms with Crippen LogP contribution in [0.4, 0.5) is 10.1 Å². The van der Waals surface area contributed by atoms with Crippen molar-refractivity contribution >= 4 is 40.7 Å². The molecule has 1 N–H and O–H groups in total. The molecule has 2 aromatic carbocycles. The zero-order valence-corrected chi connectivity index (χ0v) is 15.1. The topological polar surface area (TPSA) is 49.4 Å². The van der Waals surface area contributed by atoms with E-state index in [1.54, 1.807) is 30.3 Å². The number of hydrogen-bond donors (Lipinski definition) is 1. The Morgan fingerprint density at radius 2 is 1.68 bits per heavy atom. The van der Waals surface area contributed by atoms with Crippen molar-refractivity contribution in [2.45, 2.75) is 19.9 Å². The van der Waals surface area contributed by atoms with E-state index in [1.165, 1.54) is 24.0 Å². The van der Waals surface area contributed by atoms with Gasteiger partial charge in [-0.05, 0) is 29.8 Å². The number of carbonyl (C=O) groups is 2. The van der Waals surface area contributed by atoms with Gasteiger partial charge in [0.25, 0.3) is 0 Å². The molecule has 0 heterocycles. The Balaban J connectivity index is 1.95. The van der Waals surface area contributed by atoms with E-state index in [0.717, 1.165) is 5.56 Å². The van der Waals surface area contributed by atoms with Crippen LogP contribution in [0.2, 0.25) is 10.0 Å². The molecule has 0 unspecified atom stereocenters. The first-order valence-electron chi connectivity index (χ1n) is 7.60. The van der Waals surface area contributed by atoms with Crippen LogP contribution in [0, 0.1) is 5.82 Å². The molecule has 0 aliphatic carbocycles. The van der Waals surface area contributed by atoms with Gasteiger partial charge in [-0.3, -0.25) is 9.59 Å². The normalized spacial score (nSPS) is 10.4. The van der Waals surface area contributed by atoms with Gasteiger partial charge in [-0.15, -0.1) is 0 Å². The molecule has 0 saturated heterocycles. The van der Waals surface area contributed by atoms with Crippen molar-refractivity contribution in [3.05, 3.63) is 63.9 Å². The number of nitrogens with one attached hydrogen (secondary N) is 1. The maximum Gasteiger partial charge on any atom is 0.226 e. The van der Waals surface area contributed by atoms with Crippen LogP contribution in [-0.4, -0.2) is 23.3 Å². The smallest absolute Gasteiger partial charge is 0.226 e. The van der Waals surface area contributed by atoms with Gasteiger partial charge in [0.2, 0.25) is 11.8 Å². The number of hydrogen-bond acceptors (Lipinski definition) is 2. The number of para-hydroxylation sites is 1. The molecule has 2 amide bonds. The minimum atomic E-state index is -0.339. The van der Waals surface area contributed by atoms with Crippen LogP contribution in [0.25, 0.3) is 0 Å². The van der Waals surface area contributed by atoms with Crippen LogP contribution >= 0.6 is 23.2 Å². The van der Waals surface area contributed by atoms with E-state index >= 15 is 0 Å². The van der Waals surface area contributed by atoms with E-state index < -0.39 is 0 Å². The molecule has 0 spiro atoms. The largest absolute Gasteiger partial charge is 0.338 e. The molecular weight excluding hydrogens is 366 g/mol. The summed E-state index contributed by atoms with van der Waals surface area (Å²) in [6, 6.07) is 10.8. The van der Waals surface area contributed by atoms with Crippen LogP contribution in [-0.2, 0) is 16.1 Å². The van der Waals surface area contributed by atoms with Gasteiger partial charge in [0.05, 0.1) is 15.7 Å². The first-order chi connectivity index (χ1) is 11.9. The van der Waals surface area contributed by atoms with Crippen molar-refractivity contribution in [3.63, 3.8) is 0 Å². The number of amides is 2. The van der Waals surface area contributed by atoms with Crippen LogP contribution in [0.1, 0.15) is 18.9 Å². The predicted octanol–water partition coefficient (Wildman–Crippen LogP) is 4.51. The maximum atomic E-state index is 13.0. The van der Waals surface area contributed by atoms with Gasteiger partial charge in [-0.2, -0.15) is 0 Å². The summed E-state index contributed by atoms with van der Waals surface area (Å²) in [6.07, 6.45) is 0.0856. The summed E-state index contributed by atoms with van der Waals surface area (Å²) in [5.74, 6) is -0.817. The number of halogens is 3. The number of nitrogens with zero attached hydrogens (tertiary/aromatic N) is 1. The number of anilines is 1. The van der Waals surface area contributed by atoms with E-state index in [1.807, 2.05) is 0 Å². The fourth-order valence-electron chi connectivity index (χ4n) is 2.21. The number of carbonyl (C=O) groups excluding carboxylic acids is 2. The van der Waals surface area contributed by atoms with Crippen molar-refractivity contribution in [2.75, 3.05) is 11.9 Å². The summed E-state index contributed by atoms with van der Waals surface area (Å²) in [4.78, 5) is 25.4. The molecule has 0 saturated carbocycles. The number of rotatable bonds is 6. The highest BCUT2D eigenvalue weighted by Crippen LogP contribution is 2.29. The van der Waals surface area contributed by atoms with Crippen LogP contribution in [0.5, 0.6) is 0 Å². The predicted molar refractivity (Wildman–Crippen MR) is 97.2 cm³/mol. The third-order valence-electron chi connectivity index (χ3n) is 3.57. The summed E-state index contributed by atoms with van der Waals surface area (Å²) >= 11 is 12.0. The Kier molecular flexibility index (Phi) is 6.79. The molecule has 25 heavy (non-hydrogen) atoms. The molecule has 0 aliphatic heterocycles. The molecule has 0 aliphatic rings. The first kappa shape index (κ1) is 19.2. The van der Waals surface area contributed by atoms with Crippen molar-refractivity contribution in [1.82, 2.24) is 4.90 Å². The average molecular weight is 383 g/mol. The van der Waals surface area contributed by atoms with Crippen molar-refractivity contribution in [1.29, 1.82) is 0 Å². The van der Waals surface area contributed by atoms with Crippen molar-refractivity contribution in [3.8, 4) is 0 Å². The van der Waals surface area contributed by atoms with Crippen molar-refractivity contribution < 1.29 is 14.0 Å². The lowest BCUT2D eigenvalue weighted by Crippen LogP contribution is -2.31. The Morgan fingerprint density at radius 3 is 2.24 bits per heavy atom. The summed E-state index contributed by atoms with van der Waals surface area (Å²) in [5, 5.41) is 3.34. The second kappa shape index (κ2) is 8.83. The summed E-state index contributed by atoms with van der Waals surface area (Å²) in [7, 11) is 0. The molecule has 2 aromatic rings. The van der Waals surface area contributed by atoms with E-state index in [4.69, 9.17) is 23.2 Å². The minimum Gasteiger partial charge on any atom is -0.338 e. The maximum absolute atomic E-state index is 13.0. The molecule has 7 heteroatoms. The highest BCUT2D eigenvalue weighted by atomic mass is 35.5. The second-order valence-corrected chi connectivity index (χ2v) is 6.28. The standard InChI is InChI=1S/C18H17Cl2FN2O2/c1-12(24)23(11-13-5-7-14(21)8-6-13)10-9-17(25)22-18-15(19)3-2-4-16(18)20/h2-8H,9-11H2,1H3,(H,22,25). The molecule has 0 radical (unpaired) electrons. The third kappa shape index (κ3) is 5.73. The number of benzene rings is 2. The van der Waals surface area contributed by atoms with Crippen LogP contribution < -0.4 is 5.32 Å². The van der Waals surface area contributed by atoms with E-state index in [0.29, 0.717) is 22.3 Å². The molecule has 2 rings (SSSR count). The van der Waals surface area contributed by atoms with Crippen LogP contribution in [0.3, 0.4) is 0 Å². The molecule has 4 nitrogen and oxygen atoms in total. The van der Waals surface area contributed by atoms with Gasteiger partial charge < -0.3 is 10.2 Å². The highest BCUT2D eigenvalue weighted by Gasteiger charge is 2.14. The molecule has 0 aromatic heterocycles. The quantitative estimate of drug-likeness (QED) is 0.798. The Labute approximate surface area is 155 Å². The molecule has 0 bridgehead atoms. The fraction of sp³-hybridized carbons (Fsp3) is 0.222. The monoisotopic (exact) mass is 382 g/mol. The fourth-order valence-corrected chi connectivity index (χ4v) is 2.71. The van der Waals surface area contributed by atoms with Gasteiger partial charge >= 0.3 is 0 Å². The zero-order valence-electron chi connectivity index (χ0n) is 13.6. The lowest BCUT2D eigenvalue weighted by molar-refractivity contribution is -0.129. The summed E-state index contributed by atoms with van der Waals surface area (Å²) in [5.41, 5.74) is 1.13. The van der Waals surface area contributed by atoms with Gasteiger partial charge in [-0.25, -0.2) is 4.39 Å². The Bertz CT molecular complexity index is 746. The summed E-state index contributed by atoms with van der Waals surface area (Å²) < 4.78 is 13.0. The highest BCUT2D eigenvalue weighted by molar-refractivity contribution is 6.39. The Morgan fingerprint density at radius 1 is 1.08 bits per heavy atom. The Hall–Kier alpha value is -2.11. The average Bonchev–Trinajstić information content (AvgIpc) is 2.56. The summed E-state index contributed by atoms with van der Waals surface area (Å²) in [6.45, 7) is 1.95. The molecule has 0 fully saturated rings. The molecule has 0 atom stereocenters. The SMILES string of the molecule is CC(=O)N(CCC(=O)Nc1c(Cl)cccc1Cl)Cc1ccc(F)cc1. The van der Waals surface area contributed by atoms with E-state index in [-0.39, 0.29) is 30.6 Å². The second-order valence-electron chi connectivity index (χ2n) is 5.46. The van der Waals surface area contributed by atoms with Gasteiger partial charge in [0.1, 0.15) is 5.82 Å². The van der Waals surface area contributed by atoms with Gasteiger partial charge in [0.15, 0.2) is 0 Å². The lowest BCUT2D eigenvalue weighted by Gasteiger charge is -2.21. The van der Waals surface area contributed by atoms with Gasteiger partial charge in [0, 0.05) is 26.4 Å². The van der Waals surface area contributed by atoms with Gasteiger partial charge in [-0.1, -0.05) is 41.4 Å².